The first-order valence-electron chi connectivity index (χ1n) is 5.29. The number of aliphatic hydroxyl groups excluding tert-OH is 1. The molecule has 1 aromatic carbocycles. The van der Waals surface area contributed by atoms with Crippen molar-refractivity contribution < 1.29 is 9.52 Å². The summed E-state index contributed by atoms with van der Waals surface area (Å²) in [6.07, 6.45) is 1.44. The largest absolute Gasteiger partial charge is 0.443 e. The monoisotopic (exact) mass is 220 g/mol. The van der Waals surface area contributed by atoms with Gasteiger partial charge in [-0.15, -0.1) is 0 Å². The van der Waals surface area contributed by atoms with E-state index in [1.165, 1.54) is 6.39 Å². The maximum atomic E-state index is 9.12. The number of aliphatic hydroxyl groups is 1. The zero-order valence-corrected chi connectivity index (χ0v) is 9.53. The zero-order chi connectivity index (χ0) is 11.6. The van der Waals surface area contributed by atoms with Crippen LogP contribution in [-0.2, 0) is 6.54 Å². The van der Waals surface area contributed by atoms with E-state index in [1.807, 2.05) is 32.0 Å². The molecule has 0 saturated heterocycles. The molecule has 1 aromatic heterocycles. The summed E-state index contributed by atoms with van der Waals surface area (Å²) in [4.78, 5) is 4.06. The van der Waals surface area contributed by atoms with E-state index < -0.39 is 0 Å². The summed E-state index contributed by atoms with van der Waals surface area (Å²) in [5.74, 6) is 0. The molecule has 0 saturated carbocycles. The van der Waals surface area contributed by atoms with Crippen LogP contribution in [0, 0.1) is 0 Å². The summed E-state index contributed by atoms with van der Waals surface area (Å²) in [6, 6.07) is 5.90. The fraction of sp³-hybridized carbons (Fsp3) is 0.417. The standard InChI is InChI=1S/C12H16N2O2/c1-12(2,7-15)14-6-9-3-4-10-11(5-9)16-8-13-10/h3-5,8,14-15H,6-7H2,1-2H3. The van der Waals surface area contributed by atoms with E-state index in [0.717, 1.165) is 16.7 Å². The number of oxazole rings is 1. The van der Waals surface area contributed by atoms with Crippen molar-refractivity contribution in [1.29, 1.82) is 0 Å². The second kappa shape index (κ2) is 4.23. The van der Waals surface area contributed by atoms with Crippen molar-refractivity contribution in [3.63, 3.8) is 0 Å². The Bertz CT molecular complexity index is 477. The van der Waals surface area contributed by atoms with Gasteiger partial charge < -0.3 is 14.8 Å². The summed E-state index contributed by atoms with van der Waals surface area (Å²) in [5.41, 5.74) is 2.51. The van der Waals surface area contributed by atoms with Gasteiger partial charge in [0.05, 0.1) is 6.61 Å². The second-order valence-electron chi connectivity index (χ2n) is 4.55. The third-order valence-corrected chi connectivity index (χ3v) is 2.56. The third kappa shape index (κ3) is 2.40. The quantitative estimate of drug-likeness (QED) is 0.823. The Morgan fingerprint density at radius 3 is 3.00 bits per heavy atom. The van der Waals surface area contributed by atoms with Gasteiger partial charge in [0.15, 0.2) is 12.0 Å². The van der Waals surface area contributed by atoms with Crippen molar-refractivity contribution in [1.82, 2.24) is 10.3 Å². The Morgan fingerprint density at radius 1 is 1.44 bits per heavy atom. The SMILES string of the molecule is CC(C)(CO)NCc1ccc2ncoc2c1. The lowest BCUT2D eigenvalue weighted by atomic mass is 10.1. The van der Waals surface area contributed by atoms with Crippen LogP contribution in [0.2, 0.25) is 0 Å². The Hall–Kier alpha value is -1.39. The molecule has 0 aliphatic rings. The van der Waals surface area contributed by atoms with E-state index in [0.29, 0.717) is 6.54 Å². The lowest BCUT2D eigenvalue weighted by Gasteiger charge is -2.23. The number of hydrogen-bond donors (Lipinski definition) is 2. The summed E-state index contributed by atoms with van der Waals surface area (Å²) >= 11 is 0. The maximum Gasteiger partial charge on any atom is 0.181 e. The Labute approximate surface area is 94.3 Å². The van der Waals surface area contributed by atoms with Gasteiger partial charge in [0, 0.05) is 12.1 Å². The van der Waals surface area contributed by atoms with Gasteiger partial charge in [-0.1, -0.05) is 6.07 Å². The van der Waals surface area contributed by atoms with E-state index in [2.05, 4.69) is 10.3 Å². The first-order chi connectivity index (χ1) is 7.61. The minimum Gasteiger partial charge on any atom is -0.443 e. The molecule has 0 radical (unpaired) electrons. The van der Waals surface area contributed by atoms with Gasteiger partial charge in [-0.25, -0.2) is 4.98 Å². The minimum absolute atomic E-state index is 0.109. The molecule has 0 amide bonds. The van der Waals surface area contributed by atoms with Crippen molar-refractivity contribution in [3.8, 4) is 0 Å². The summed E-state index contributed by atoms with van der Waals surface area (Å²) in [6.45, 7) is 4.72. The number of nitrogens with one attached hydrogen (secondary N) is 1. The predicted octanol–water partition coefficient (Wildman–Crippen LogP) is 1.69. The number of nitrogens with zero attached hydrogens (tertiary/aromatic N) is 1. The molecule has 0 unspecified atom stereocenters. The normalized spacial score (nSPS) is 12.2. The van der Waals surface area contributed by atoms with Crippen molar-refractivity contribution in [3.05, 3.63) is 30.2 Å². The molecule has 16 heavy (non-hydrogen) atoms. The highest BCUT2D eigenvalue weighted by Crippen LogP contribution is 2.14. The lowest BCUT2D eigenvalue weighted by molar-refractivity contribution is 0.187. The van der Waals surface area contributed by atoms with Crippen LogP contribution in [0.25, 0.3) is 11.1 Å². The summed E-state index contributed by atoms with van der Waals surface area (Å²) < 4.78 is 5.23. The van der Waals surface area contributed by atoms with E-state index in [9.17, 15) is 0 Å². The van der Waals surface area contributed by atoms with Gasteiger partial charge in [-0.05, 0) is 31.5 Å². The van der Waals surface area contributed by atoms with E-state index in [4.69, 9.17) is 9.52 Å². The smallest absolute Gasteiger partial charge is 0.181 e. The van der Waals surface area contributed by atoms with Gasteiger partial charge in [0.25, 0.3) is 0 Å². The van der Waals surface area contributed by atoms with Crippen LogP contribution in [-0.4, -0.2) is 22.2 Å². The molecule has 2 N–H and O–H groups in total. The fourth-order valence-corrected chi connectivity index (χ4v) is 1.41. The highest BCUT2D eigenvalue weighted by Gasteiger charge is 2.14. The average Bonchev–Trinajstić information content (AvgIpc) is 2.73. The molecule has 4 heteroatoms. The Balaban J connectivity index is 2.09. The number of hydrogen-bond acceptors (Lipinski definition) is 4. The number of benzene rings is 1. The molecular weight excluding hydrogens is 204 g/mol. The molecule has 2 aromatic rings. The van der Waals surface area contributed by atoms with Gasteiger partial charge in [-0.2, -0.15) is 0 Å². The van der Waals surface area contributed by atoms with E-state index in [1.54, 1.807) is 0 Å². The average molecular weight is 220 g/mol. The van der Waals surface area contributed by atoms with Gasteiger partial charge in [-0.3, -0.25) is 0 Å². The molecule has 0 aliphatic carbocycles. The molecule has 0 aliphatic heterocycles. The fourth-order valence-electron chi connectivity index (χ4n) is 1.41. The maximum absolute atomic E-state index is 9.12. The first kappa shape index (κ1) is 11.1. The van der Waals surface area contributed by atoms with Crippen LogP contribution >= 0.6 is 0 Å². The molecule has 0 atom stereocenters. The second-order valence-corrected chi connectivity index (χ2v) is 4.55. The highest BCUT2D eigenvalue weighted by atomic mass is 16.3. The third-order valence-electron chi connectivity index (χ3n) is 2.56. The Morgan fingerprint density at radius 2 is 2.25 bits per heavy atom. The first-order valence-corrected chi connectivity index (χ1v) is 5.29. The van der Waals surface area contributed by atoms with Crippen LogP contribution in [0.1, 0.15) is 19.4 Å². The summed E-state index contributed by atoms with van der Waals surface area (Å²) in [5, 5.41) is 12.4. The van der Waals surface area contributed by atoms with Crippen molar-refractivity contribution in [2.45, 2.75) is 25.9 Å². The predicted molar refractivity (Wildman–Crippen MR) is 62.0 cm³/mol. The van der Waals surface area contributed by atoms with E-state index in [-0.39, 0.29) is 12.1 Å². The topological polar surface area (TPSA) is 58.3 Å². The minimum atomic E-state index is -0.267. The van der Waals surface area contributed by atoms with E-state index >= 15 is 0 Å². The number of aromatic nitrogens is 1. The van der Waals surface area contributed by atoms with Crippen LogP contribution in [0.3, 0.4) is 0 Å². The molecule has 86 valence electrons. The lowest BCUT2D eigenvalue weighted by Crippen LogP contribution is -2.42. The van der Waals surface area contributed by atoms with Crippen LogP contribution < -0.4 is 5.32 Å². The number of rotatable bonds is 4. The number of fused-ring (bicyclic) bond motifs is 1. The zero-order valence-electron chi connectivity index (χ0n) is 9.53. The van der Waals surface area contributed by atoms with Crippen LogP contribution in [0.15, 0.2) is 29.0 Å². The van der Waals surface area contributed by atoms with Gasteiger partial charge in [0.2, 0.25) is 0 Å². The Kier molecular flexibility index (Phi) is 2.94. The van der Waals surface area contributed by atoms with Gasteiger partial charge in [0.1, 0.15) is 5.52 Å². The van der Waals surface area contributed by atoms with Crippen molar-refractivity contribution >= 4 is 11.1 Å². The molecular formula is C12H16N2O2. The molecule has 4 nitrogen and oxygen atoms in total. The van der Waals surface area contributed by atoms with Crippen LogP contribution in [0.4, 0.5) is 0 Å². The molecule has 0 fully saturated rings. The van der Waals surface area contributed by atoms with Crippen LogP contribution in [0.5, 0.6) is 0 Å². The molecule has 0 bridgehead atoms. The molecule has 0 spiro atoms. The highest BCUT2D eigenvalue weighted by molar-refractivity contribution is 5.72. The summed E-state index contributed by atoms with van der Waals surface area (Å²) in [7, 11) is 0. The van der Waals surface area contributed by atoms with Crippen molar-refractivity contribution in [2.75, 3.05) is 6.61 Å². The van der Waals surface area contributed by atoms with Gasteiger partial charge >= 0.3 is 0 Å². The molecule has 2 rings (SSSR count). The van der Waals surface area contributed by atoms with Crippen molar-refractivity contribution in [2.24, 2.45) is 0 Å². The molecule has 1 heterocycles.